The standard InChI is InChI=1S/C15H22N2O2/c1-3-13-9-17(10-14(13)16-2)15(18)19-11-12-7-5-4-6-8-12/h4-8,13-14,16H,3,9-11H2,1-2H3/t13-,14+/m0/s1. The Hall–Kier alpha value is -1.55. The van der Waals surface area contributed by atoms with Crippen LogP contribution in [0.1, 0.15) is 18.9 Å². The first kappa shape index (κ1) is 13.9. The van der Waals surface area contributed by atoms with Crippen molar-refractivity contribution in [2.24, 2.45) is 5.92 Å². The first-order valence-corrected chi connectivity index (χ1v) is 6.87. The van der Waals surface area contributed by atoms with Gasteiger partial charge < -0.3 is 15.0 Å². The molecule has 19 heavy (non-hydrogen) atoms. The van der Waals surface area contributed by atoms with Crippen LogP contribution in [-0.4, -0.2) is 37.2 Å². The van der Waals surface area contributed by atoms with Crippen molar-refractivity contribution in [1.82, 2.24) is 10.2 Å². The average molecular weight is 262 g/mol. The van der Waals surface area contributed by atoms with Gasteiger partial charge in [0.2, 0.25) is 0 Å². The Morgan fingerprint density at radius 1 is 1.37 bits per heavy atom. The fraction of sp³-hybridized carbons (Fsp3) is 0.533. The molecule has 2 rings (SSSR count). The van der Waals surface area contributed by atoms with Gasteiger partial charge in [-0.05, 0) is 18.5 Å². The number of carbonyl (C=O) groups excluding carboxylic acids is 1. The lowest BCUT2D eigenvalue weighted by Crippen LogP contribution is -2.34. The molecule has 0 aromatic heterocycles. The number of carbonyl (C=O) groups is 1. The molecule has 1 aliphatic rings. The SMILES string of the molecule is CC[C@H]1CN(C(=O)OCc2ccccc2)C[C@H]1NC. The van der Waals surface area contributed by atoms with Crippen molar-refractivity contribution in [3.8, 4) is 0 Å². The van der Waals surface area contributed by atoms with Crippen LogP contribution < -0.4 is 5.32 Å². The number of ether oxygens (including phenoxy) is 1. The molecule has 1 aromatic rings. The first-order valence-electron chi connectivity index (χ1n) is 6.87. The van der Waals surface area contributed by atoms with Gasteiger partial charge in [-0.2, -0.15) is 0 Å². The van der Waals surface area contributed by atoms with E-state index >= 15 is 0 Å². The van der Waals surface area contributed by atoms with Crippen LogP contribution in [0.3, 0.4) is 0 Å². The summed E-state index contributed by atoms with van der Waals surface area (Å²) in [5, 5.41) is 3.27. The third-order valence-corrected chi connectivity index (χ3v) is 3.80. The van der Waals surface area contributed by atoms with Gasteiger partial charge in [0, 0.05) is 19.1 Å². The molecule has 0 aliphatic carbocycles. The Labute approximate surface area is 114 Å². The van der Waals surface area contributed by atoms with Crippen molar-refractivity contribution < 1.29 is 9.53 Å². The molecule has 104 valence electrons. The Morgan fingerprint density at radius 2 is 2.11 bits per heavy atom. The van der Waals surface area contributed by atoms with E-state index in [0.29, 0.717) is 18.6 Å². The smallest absolute Gasteiger partial charge is 0.410 e. The zero-order chi connectivity index (χ0) is 13.7. The highest BCUT2D eigenvalue weighted by molar-refractivity contribution is 5.68. The van der Waals surface area contributed by atoms with E-state index in [2.05, 4.69) is 12.2 Å². The number of nitrogens with zero attached hydrogens (tertiary/aromatic N) is 1. The number of benzene rings is 1. The first-order chi connectivity index (χ1) is 9.24. The van der Waals surface area contributed by atoms with Crippen molar-refractivity contribution in [2.75, 3.05) is 20.1 Å². The topological polar surface area (TPSA) is 41.6 Å². The fourth-order valence-electron chi connectivity index (χ4n) is 2.57. The molecule has 1 aliphatic heterocycles. The number of amides is 1. The number of hydrogen-bond donors (Lipinski definition) is 1. The molecule has 1 N–H and O–H groups in total. The molecule has 2 atom stereocenters. The van der Waals surface area contributed by atoms with E-state index in [1.807, 2.05) is 37.4 Å². The maximum absolute atomic E-state index is 12.0. The monoisotopic (exact) mass is 262 g/mol. The molecule has 0 radical (unpaired) electrons. The van der Waals surface area contributed by atoms with E-state index in [9.17, 15) is 4.79 Å². The maximum Gasteiger partial charge on any atom is 0.410 e. The van der Waals surface area contributed by atoms with Crippen LogP contribution in [0, 0.1) is 5.92 Å². The highest BCUT2D eigenvalue weighted by Gasteiger charge is 2.33. The molecular formula is C15H22N2O2. The van der Waals surface area contributed by atoms with Crippen LogP contribution in [0.4, 0.5) is 4.79 Å². The van der Waals surface area contributed by atoms with E-state index in [4.69, 9.17) is 4.74 Å². The Bertz CT molecular complexity index is 396. The van der Waals surface area contributed by atoms with Gasteiger partial charge in [-0.15, -0.1) is 0 Å². The van der Waals surface area contributed by atoms with Crippen molar-refractivity contribution >= 4 is 6.09 Å². The van der Waals surface area contributed by atoms with Gasteiger partial charge in [-0.3, -0.25) is 0 Å². The second-order valence-corrected chi connectivity index (χ2v) is 5.01. The van der Waals surface area contributed by atoms with Gasteiger partial charge in [0.15, 0.2) is 0 Å². The lowest BCUT2D eigenvalue weighted by Gasteiger charge is -2.16. The van der Waals surface area contributed by atoms with Crippen LogP contribution in [0.15, 0.2) is 30.3 Å². The predicted molar refractivity (Wildman–Crippen MR) is 74.8 cm³/mol. The lowest BCUT2D eigenvalue weighted by atomic mass is 10.0. The van der Waals surface area contributed by atoms with Crippen LogP contribution in [0.25, 0.3) is 0 Å². The number of hydrogen-bond acceptors (Lipinski definition) is 3. The summed E-state index contributed by atoms with van der Waals surface area (Å²) in [6.07, 6.45) is 0.869. The summed E-state index contributed by atoms with van der Waals surface area (Å²) in [6.45, 7) is 4.03. The number of likely N-dealkylation sites (tertiary alicyclic amines) is 1. The van der Waals surface area contributed by atoms with Crippen molar-refractivity contribution in [1.29, 1.82) is 0 Å². The average Bonchev–Trinajstić information content (AvgIpc) is 2.89. The van der Waals surface area contributed by atoms with Crippen molar-refractivity contribution in [3.05, 3.63) is 35.9 Å². The number of nitrogens with one attached hydrogen (secondary N) is 1. The van der Waals surface area contributed by atoms with Crippen LogP contribution in [0.5, 0.6) is 0 Å². The molecule has 1 saturated heterocycles. The van der Waals surface area contributed by atoms with Crippen LogP contribution >= 0.6 is 0 Å². The normalized spacial score (nSPS) is 22.5. The largest absolute Gasteiger partial charge is 0.445 e. The summed E-state index contributed by atoms with van der Waals surface area (Å²) in [4.78, 5) is 13.8. The molecule has 1 fully saturated rings. The number of rotatable bonds is 4. The zero-order valence-corrected chi connectivity index (χ0v) is 11.6. The van der Waals surface area contributed by atoms with E-state index in [-0.39, 0.29) is 6.09 Å². The molecule has 1 amide bonds. The van der Waals surface area contributed by atoms with E-state index in [1.165, 1.54) is 0 Å². The molecule has 0 unspecified atom stereocenters. The minimum absolute atomic E-state index is 0.208. The van der Waals surface area contributed by atoms with Gasteiger partial charge in [0.05, 0.1) is 0 Å². The van der Waals surface area contributed by atoms with Gasteiger partial charge in [0.25, 0.3) is 0 Å². The highest BCUT2D eigenvalue weighted by atomic mass is 16.6. The summed E-state index contributed by atoms with van der Waals surface area (Å²) in [5.41, 5.74) is 1.02. The quantitative estimate of drug-likeness (QED) is 0.905. The molecule has 4 nitrogen and oxygen atoms in total. The van der Waals surface area contributed by atoms with Gasteiger partial charge >= 0.3 is 6.09 Å². The van der Waals surface area contributed by atoms with Crippen LogP contribution in [-0.2, 0) is 11.3 Å². The minimum Gasteiger partial charge on any atom is -0.445 e. The molecule has 0 bridgehead atoms. The third-order valence-electron chi connectivity index (χ3n) is 3.80. The molecule has 1 heterocycles. The predicted octanol–water partition coefficient (Wildman–Crippen LogP) is 2.25. The lowest BCUT2D eigenvalue weighted by molar-refractivity contribution is 0.103. The summed E-state index contributed by atoms with van der Waals surface area (Å²) in [5.74, 6) is 0.522. The third kappa shape index (κ3) is 3.47. The molecule has 0 spiro atoms. The Balaban J connectivity index is 1.84. The molecule has 1 aromatic carbocycles. The molecule has 0 saturated carbocycles. The number of likely N-dealkylation sites (N-methyl/N-ethyl adjacent to an activating group) is 1. The summed E-state index contributed by atoms with van der Waals surface area (Å²) >= 11 is 0. The zero-order valence-electron chi connectivity index (χ0n) is 11.6. The maximum atomic E-state index is 12.0. The fourth-order valence-corrected chi connectivity index (χ4v) is 2.57. The second-order valence-electron chi connectivity index (χ2n) is 5.01. The Morgan fingerprint density at radius 3 is 2.68 bits per heavy atom. The minimum atomic E-state index is -0.208. The molecular weight excluding hydrogens is 240 g/mol. The van der Waals surface area contributed by atoms with Crippen LogP contribution in [0.2, 0.25) is 0 Å². The van der Waals surface area contributed by atoms with Crippen molar-refractivity contribution in [3.63, 3.8) is 0 Å². The summed E-state index contributed by atoms with van der Waals surface area (Å²) in [6, 6.07) is 10.2. The van der Waals surface area contributed by atoms with Gasteiger partial charge in [-0.25, -0.2) is 4.79 Å². The van der Waals surface area contributed by atoms with E-state index < -0.39 is 0 Å². The van der Waals surface area contributed by atoms with Gasteiger partial charge in [0.1, 0.15) is 6.61 Å². The van der Waals surface area contributed by atoms with Gasteiger partial charge in [-0.1, -0.05) is 43.7 Å². The van der Waals surface area contributed by atoms with Crippen molar-refractivity contribution in [2.45, 2.75) is 26.0 Å². The summed E-state index contributed by atoms with van der Waals surface area (Å²) < 4.78 is 5.36. The summed E-state index contributed by atoms with van der Waals surface area (Å²) in [7, 11) is 1.95. The van der Waals surface area contributed by atoms with E-state index in [0.717, 1.165) is 25.1 Å². The Kier molecular flexibility index (Phi) is 4.80. The van der Waals surface area contributed by atoms with E-state index in [1.54, 1.807) is 4.90 Å². The molecule has 4 heteroatoms. The second kappa shape index (κ2) is 6.57. The highest BCUT2D eigenvalue weighted by Crippen LogP contribution is 2.20.